The number of hydrogen-bond donors (Lipinski definition) is 0. The number of hydrogen-bond acceptors (Lipinski definition) is 1. The zero-order chi connectivity index (χ0) is 10.1. The number of benzene rings is 1. The van der Waals surface area contributed by atoms with Gasteiger partial charge in [0, 0.05) is 6.07 Å². The second kappa shape index (κ2) is 3.53. The molecule has 0 saturated heterocycles. The van der Waals surface area contributed by atoms with Crippen LogP contribution in [0.1, 0.15) is 0 Å². The summed E-state index contributed by atoms with van der Waals surface area (Å²) in [7, 11) is 0. The maximum Gasteiger partial charge on any atom is 0.446 e. The summed E-state index contributed by atoms with van der Waals surface area (Å²) < 4.78 is 60.0. The van der Waals surface area contributed by atoms with Crippen molar-refractivity contribution in [3.8, 4) is 0 Å². The summed E-state index contributed by atoms with van der Waals surface area (Å²) in [5.74, 6) is -2.11. The molecule has 0 aliphatic rings. The molecule has 0 amide bonds. The predicted octanol–water partition coefficient (Wildman–Crippen LogP) is 3.58. The van der Waals surface area contributed by atoms with E-state index in [2.05, 4.69) is 0 Å². The van der Waals surface area contributed by atoms with Crippen LogP contribution in [0, 0.1) is 11.6 Å². The largest absolute Gasteiger partial charge is 0.446 e. The van der Waals surface area contributed by atoms with Gasteiger partial charge in [-0.05, 0) is 23.9 Å². The maximum absolute atomic E-state index is 12.6. The van der Waals surface area contributed by atoms with Gasteiger partial charge in [0.1, 0.15) is 11.6 Å². The molecule has 0 saturated carbocycles. The average molecular weight is 214 g/mol. The molecule has 0 bridgehead atoms. The van der Waals surface area contributed by atoms with Gasteiger partial charge in [-0.1, -0.05) is 0 Å². The van der Waals surface area contributed by atoms with Gasteiger partial charge in [-0.2, -0.15) is 13.2 Å². The number of rotatable bonds is 1. The highest BCUT2D eigenvalue weighted by molar-refractivity contribution is 8.00. The lowest BCUT2D eigenvalue weighted by atomic mass is 10.3. The van der Waals surface area contributed by atoms with Crippen LogP contribution in [-0.4, -0.2) is 5.51 Å². The molecule has 72 valence electrons. The van der Waals surface area contributed by atoms with E-state index in [9.17, 15) is 22.0 Å². The molecule has 0 atom stereocenters. The molecule has 0 fully saturated rings. The lowest BCUT2D eigenvalue weighted by Crippen LogP contribution is -2.00. The molecule has 0 radical (unpaired) electrons. The van der Waals surface area contributed by atoms with Crippen molar-refractivity contribution in [2.24, 2.45) is 0 Å². The van der Waals surface area contributed by atoms with E-state index in [-0.39, 0.29) is 0 Å². The van der Waals surface area contributed by atoms with E-state index in [1.807, 2.05) is 0 Å². The standard InChI is InChI=1S/C7H3F5S/c8-4-1-2-6(5(9)3-4)13-7(10,11)12/h1-3H. The minimum atomic E-state index is -4.56. The van der Waals surface area contributed by atoms with Crippen molar-refractivity contribution in [1.82, 2.24) is 0 Å². The molecule has 0 spiro atoms. The van der Waals surface area contributed by atoms with Crippen LogP contribution in [-0.2, 0) is 0 Å². The van der Waals surface area contributed by atoms with Crippen LogP contribution in [0.15, 0.2) is 23.1 Å². The molecule has 1 rings (SSSR count). The molecule has 6 heteroatoms. The molecular weight excluding hydrogens is 211 g/mol. The number of thioether (sulfide) groups is 1. The molecule has 0 aliphatic heterocycles. The Morgan fingerprint density at radius 1 is 1.08 bits per heavy atom. The highest BCUT2D eigenvalue weighted by atomic mass is 32.2. The smallest absolute Gasteiger partial charge is 0.207 e. The van der Waals surface area contributed by atoms with Crippen molar-refractivity contribution in [3.05, 3.63) is 29.8 Å². The third-order valence-electron chi connectivity index (χ3n) is 1.12. The lowest BCUT2D eigenvalue weighted by Gasteiger charge is -2.05. The molecule has 1 aromatic carbocycles. The van der Waals surface area contributed by atoms with Crippen LogP contribution in [0.3, 0.4) is 0 Å². The van der Waals surface area contributed by atoms with E-state index in [0.29, 0.717) is 6.07 Å². The van der Waals surface area contributed by atoms with Gasteiger partial charge in [-0.25, -0.2) is 8.78 Å². The van der Waals surface area contributed by atoms with E-state index in [4.69, 9.17) is 0 Å². The van der Waals surface area contributed by atoms with Gasteiger partial charge < -0.3 is 0 Å². The normalized spacial score (nSPS) is 11.8. The van der Waals surface area contributed by atoms with Gasteiger partial charge in [0.25, 0.3) is 0 Å². The summed E-state index contributed by atoms with van der Waals surface area (Å²) in [5, 5.41) is 0. The van der Waals surface area contributed by atoms with Crippen LogP contribution in [0.25, 0.3) is 0 Å². The summed E-state index contributed by atoms with van der Waals surface area (Å²) in [4.78, 5) is -0.631. The highest BCUT2D eigenvalue weighted by Gasteiger charge is 2.30. The van der Waals surface area contributed by atoms with Crippen LogP contribution < -0.4 is 0 Å². The van der Waals surface area contributed by atoms with Gasteiger partial charge in [0.05, 0.1) is 4.90 Å². The summed E-state index contributed by atoms with van der Waals surface area (Å²) >= 11 is -0.606. The van der Waals surface area contributed by atoms with Crippen LogP contribution >= 0.6 is 11.8 Å². The van der Waals surface area contributed by atoms with E-state index in [1.165, 1.54) is 0 Å². The monoisotopic (exact) mass is 214 g/mol. The Hall–Kier alpha value is -0.780. The van der Waals surface area contributed by atoms with E-state index in [1.54, 1.807) is 0 Å². The van der Waals surface area contributed by atoms with Crippen molar-refractivity contribution < 1.29 is 22.0 Å². The fraction of sp³-hybridized carbons (Fsp3) is 0.143. The van der Waals surface area contributed by atoms with Crippen LogP contribution in [0.2, 0.25) is 0 Å². The van der Waals surface area contributed by atoms with Crippen LogP contribution in [0.4, 0.5) is 22.0 Å². The summed E-state index contributed by atoms with van der Waals surface area (Å²) in [6.45, 7) is 0. The third-order valence-corrected chi connectivity index (χ3v) is 1.90. The van der Waals surface area contributed by atoms with Gasteiger partial charge >= 0.3 is 5.51 Å². The molecular formula is C7H3F5S. The first-order valence-electron chi connectivity index (χ1n) is 3.09. The third kappa shape index (κ3) is 3.22. The molecule has 0 heterocycles. The van der Waals surface area contributed by atoms with Crippen LogP contribution in [0.5, 0.6) is 0 Å². The lowest BCUT2D eigenvalue weighted by molar-refractivity contribution is -0.0329. The number of halogens is 5. The Labute approximate surface area is 74.7 Å². The molecule has 0 unspecified atom stereocenters. The molecule has 0 N–H and O–H groups in total. The zero-order valence-corrected chi connectivity index (χ0v) is 6.85. The fourth-order valence-electron chi connectivity index (χ4n) is 0.683. The van der Waals surface area contributed by atoms with Gasteiger partial charge in [0.2, 0.25) is 0 Å². The fourth-order valence-corrected chi connectivity index (χ4v) is 1.22. The summed E-state index contributed by atoms with van der Waals surface area (Å²) in [5.41, 5.74) is -4.56. The zero-order valence-electron chi connectivity index (χ0n) is 6.03. The minimum absolute atomic E-state index is 0.411. The van der Waals surface area contributed by atoms with Crippen molar-refractivity contribution in [2.75, 3.05) is 0 Å². The maximum atomic E-state index is 12.6. The van der Waals surface area contributed by atoms with E-state index >= 15 is 0 Å². The first kappa shape index (κ1) is 10.3. The molecule has 13 heavy (non-hydrogen) atoms. The Kier molecular flexibility index (Phi) is 2.80. The SMILES string of the molecule is Fc1ccc(SC(F)(F)F)c(F)c1. The Morgan fingerprint density at radius 2 is 1.69 bits per heavy atom. The van der Waals surface area contributed by atoms with E-state index < -0.39 is 33.8 Å². The first-order chi connectivity index (χ1) is 5.88. The van der Waals surface area contributed by atoms with Gasteiger partial charge in [-0.15, -0.1) is 0 Å². The second-order valence-electron chi connectivity index (χ2n) is 2.12. The van der Waals surface area contributed by atoms with Crippen molar-refractivity contribution in [2.45, 2.75) is 10.4 Å². The molecule has 0 aromatic heterocycles. The topological polar surface area (TPSA) is 0 Å². The predicted molar refractivity (Wildman–Crippen MR) is 38.3 cm³/mol. The van der Waals surface area contributed by atoms with E-state index in [0.717, 1.165) is 12.1 Å². The van der Waals surface area contributed by atoms with Crippen molar-refractivity contribution in [1.29, 1.82) is 0 Å². The Morgan fingerprint density at radius 3 is 2.15 bits per heavy atom. The highest BCUT2D eigenvalue weighted by Crippen LogP contribution is 2.37. The molecule has 0 aliphatic carbocycles. The van der Waals surface area contributed by atoms with Gasteiger partial charge in [0.15, 0.2) is 0 Å². The number of alkyl halides is 3. The quantitative estimate of drug-likeness (QED) is 0.508. The van der Waals surface area contributed by atoms with Gasteiger partial charge in [-0.3, -0.25) is 0 Å². The van der Waals surface area contributed by atoms with Crippen molar-refractivity contribution in [3.63, 3.8) is 0 Å². The molecule has 1 aromatic rings. The Bertz CT molecular complexity index is 306. The minimum Gasteiger partial charge on any atom is -0.207 e. The summed E-state index contributed by atoms with van der Waals surface area (Å²) in [6, 6.07) is 1.94. The van der Waals surface area contributed by atoms with Crippen molar-refractivity contribution >= 4 is 11.8 Å². The first-order valence-corrected chi connectivity index (χ1v) is 3.91. The molecule has 0 nitrogen and oxygen atoms in total. The Balaban J connectivity index is 2.90. The average Bonchev–Trinajstić information content (AvgIpc) is 1.93. The summed E-state index contributed by atoms with van der Waals surface area (Å²) in [6.07, 6.45) is 0. The second-order valence-corrected chi connectivity index (χ2v) is 3.23.